The lowest BCUT2D eigenvalue weighted by Crippen LogP contribution is -2.30. The third kappa shape index (κ3) is 3.87. The van der Waals surface area contributed by atoms with E-state index in [1.807, 2.05) is 0 Å². The van der Waals surface area contributed by atoms with Crippen LogP contribution in [0, 0.1) is 6.92 Å². The zero-order valence-electron chi connectivity index (χ0n) is 18.9. The predicted molar refractivity (Wildman–Crippen MR) is 125 cm³/mol. The summed E-state index contributed by atoms with van der Waals surface area (Å²) in [5, 5.41) is 0. The SMILES string of the molecule is C=C1[C@H](P(=O)(C2CCCCC2)C2CCCCC2)[C@]1(COCOC)c1ccc(C)cc1. The van der Waals surface area contributed by atoms with Crippen LogP contribution < -0.4 is 0 Å². The van der Waals surface area contributed by atoms with Gasteiger partial charge < -0.3 is 14.0 Å². The van der Waals surface area contributed by atoms with Gasteiger partial charge in [-0.25, -0.2) is 0 Å². The van der Waals surface area contributed by atoms with Gasteiger partial charge in [-0.05, 0) is 38.2 Å². The molecule has 0 spiro atoms. The summed E-state index contributed by atoms with van der Waals surface area (Å²) in [6, 6.07) is 8.76. The molecule has 3 nitrogen and oxygen atoms in total. The van der Waals surface area contributed by atoms with Crippen LogP contribution >= 0.6 is 7.14 Å². The highest BCUT2D eigenvalue weighted by atomic mass is 31.2. The minimum absolute atomic E-state index is 0.0794. The van der Waals surface area contributed by atoms with Crippen LogP contribution in [-0.4, -0.2) is 37.5 Å². The minimum Gasteiger partial charge on any atom is -0.359 e. The molecule has 1 aromatic rings. The first-order valence-corrected chi connectivity index (χ1v) is 13.9. The Kier molecular flexibility index (Phi) is 6.92. The van der Waals surface area contributed by atoms with Gasteiger partial charge in [-0.1, -0.05) is 80.5 Å². The normalized spacial score (nSPS) is 28.6. The van der Waals surface area contributed by atoms with Crippen LogP contribution in [0.15, 0.2) is 36.4 Å². The number of ether oxygens (including phenoxy) is 2. The Morgan fingerprint density at radius 1 is 0.967 bits per heavy atom. The lowest BCUT2D eigenvalue weighted by atomic mass is 9.95. The van der Waals surface area contributed by atoms with Gasteiger partial charge in [-0.2, -0.15) is 0 Å². The quantitative estimate of drug-likeness (QED) is 0.196. The van der Waals surface area contributed by atoms with Crippen LogP contribution in [0.5, 0.6) is 0 Å². The highest BCUT2D eigenvalue weighted by Gasteiger charge is 2.69. The number of methoxy groups -OCH3 is 1. The van der Waals surface area contributed by atoms with E-state index < -0.39 is 7.14 Å². The van der Waals surface area contributed by atoms with E-state index in [4.69, 9.17) is 9.47 Å². The maximum absolute atomic E-state index is 15.2. The molecule has 0 unspecified atom stereocenters. The summed E-state index contributed by atoms with van der Waals surface area (Å²) in [7, 11) is -0.796. The molecule has 30 heavy (non-hydrogen) atoms. The highest BCUT2D eigenvalue weighted by molar-refractivity contribution is 7.67. The van der Waals surface area contributed by atoms with Gasteiger partial charge in [0, 0.05) is 18.4 Å². The lowest BCUT2D eigenvalue weighted by molar-refractivity contribution is -0.0371. The summed E-state index contributed by atoms with van der Waals surface area (Å²) in [5.41, 5.74) is 4.16. The molecule has 0 aromatic heterocycles. The Bertz CT molecular complexity index is 752. The maximum Gasteiger partial charge on any atom is 0.146 e. The fourth-order valence-electron chi connectivity index (χ4n) is 6.43. The van der Waals surface area contributed by atoms with Crippen LogP contribution in [0.4, 0.5) is 0 Å². The topological polar surface area (TPSA) is 35.5 Å². The van der Waals surface area contributed by atoms with Gasteiger partial charge in [-0.15, -0.1) is 0 Å². The van der Waals surface area contributed by atoms with Crippen LogP contribution in [-0.2, 0) is 19.5 Å². The summed E-state index contributed by atoms with van der Waals surface area (Å²) >= 11 is 0. The molecule has 0 aliphatic heterocycles. The zero-order valence-corrected chi connectivity index (χ0v) is 19.8. The van der Waals surface area contributed by atoms with Gasteiger partial charge in [0.25, 0.3) is 0 Å². The number of aryl methyl sites for hydroxylation is 1. The molecular weight excluding hydrogens is 391 g/mol. The van der Waals surface area contributed by atoms with Crippen molar-refractivity contribution in [3.05, 3.63) is 47.5 Å². The molecule has 3 aliphatic rings. The van der Waals surface area contributed by atoms with Crippen molar-refractivity contribution in [1.82, 2.24) is 0 Å². The lowest BCUT2D eigenvalue weighted by Gasteiger charge is -2.39. The van der Waals surface area contributed by atoms with E-state index in [2.05, 4.69) is 37.8 Å². The largest absolute Gasteiger partial charge is 0.359 e. The van der Waals surface area contributed by atoms with Crippen molar-refractivity contribution in [3.63, 3.8) is 0 Å². The average Bonchev–Trinajstić information content (AvgIpc) is 3.40. The fraction of sp³-hybridized carbons (Fsp3) is 0.692. The second kappa shape index (κ2) is 9.31. The summed E-state index contributed by atoms with van der Waals surface area (Å²) in [6.45, 7) is 7.45. The smallest absolute Gasteiger partial charge is 0.146 e. The van der Waals surface area contributed by atoms with Crippen molar-refractivity contribution in [3.8, 4) is 0 Å². The van der Waals surface area contributed by atoms with E-state index in [9.17, 15) is 0 Å². The second-order valence-corrected chi connectivity index (χ2v) is 13.4. The van der Waals surface area contributed by atoms with E-state index in [0.717, 1.165) is 31.3 Å². The summed E-state index contributed by atoms with van der Waals surface area (Å²) in [5.74, 6) is 0. The number of rotatable bonds is 8. The first-order chi connectivity index (χ1) is 14.5. The minimum atomic E-state index is -2.46. The molecule has 1 aromatic carbocycles. The molecule has 3 saturated carbocycles. The summed E-state index contributed by atoms with van der Waals surface area (Å²) in [6.07, 6.45) is 12.1. The summed E-state index contributed by atoms with van der Waals surface area (Å²) < 4.78 is 26.4. The zero-order chi connectivity index (χ0) is 21.2. The van der Waals surface area contributed by atoms with Crippen LogP contribution in [0.3, 0.4) is 0 Å². The Labute approximate surface area is 183 Å². The highest BCUT2D eigenvalue weighted by Crippen LogP contribution is 2.79. The third-order valence-electron chi connectivity index (χ3n) is 8.08. The molecule has 3 fully saturated rings. The number of benzene rings is 1. The standard InChI is InChI=1S/C26H39O3P/c1-20-14-16-22(17-15-20)26(18-29-19-28-3)21(2)25(26)30(27,23-10-6-4-7-11-23)24-12-8-5-9-13-24/h14-17,23-25H,2,4-13,18-19H2,1,3H3/t25-,26-/m0/s1. The Morgan fingerprint density at radius 3 is 2.00 bits per heavy atom. The van der Waals surface area contributed by atoms with Crippen LogP contribution in [0.2, 0.25) is 0 Å². The van der Waals surface area contributed by atoms with Crippen molar-refractivity contribution < 1.29 is 14.0 Å². The van der Waals surface area contributed by atoms with Gasteiger partial charge in [-0.3, -0.25) is 0 Å². The molecule has 0 amide bonds. The van der Waals surface area contributed by atoms with E-state index in [-0.39, 0.29) is 17.9 Å². The number of hydrogen-bond donors (Lipinski definition) is 0. The molecule has 4 heteroatoms. The Hall–Kier alpha value is -0.890. The van der Waals surface area contributed by atoms with E-state index in [1.165, 1.54) is 49.7 Å². The van der Waals surface area contributed by atoms with Gasteiger partial charge in [0.1, 0.15) is 13.9 Å². The molecule has 0 saturated heterocycles. The van der Waals surface area contributed by atoms with E-state index in [0.29, 0.717) is 17.9 Å². The molecule has 2 atom stereocenters. The Morgan fingerprint density at radius 2 is 1.50 bits per heavy atom. The first kappa shape index (κ1) is 22.3. The van der Waals surface area contributed by atoms with Crippen molar-refractivity contribution in [1.29, 1.82) is 0 Å². The fourth-order valence-corrected chi connectivity index (χ4v) is 11.9. The monoisotopic (exact) mass is 430 g/mol. The van der Waals surface area contributed by atoms with Crippen molar-refractivity contribution >= 4 is 7.14 Å². The molecular formula is C26H39O3P. The Balaban J connectivity index is 1.73. The van der Waals surface area contributed by atoms with Gasteiger partial charge in [0.15, 0.2) is 0 Å². The van der Waals surface area contributed by atoms with Crippen molar-refractivity contribution in [2.45, 2.75) is 93.5 Å². The molecule has 0 N–H and O–H groups in total. The third-order valence-corrected chi connectivity index (χ3v) is 13.0. The second-order valence-electron chi connectivity index (χ2n) is 9.87. The molecule has 166 valence electrons. The number of hydrogen-bond acceptors (Lipinski definition) is 3. The van der Waals surface area contributed by atoms with E-state index >= 15 is 4.57 Å². The van der Waals surface area contributed by atoms with Gasteiger partial charge >= 0.3 is 0 Å². The molecule has 0 radical (unpaired) electrons. The first-order valence-electron chi connectivity index (χ1n) is 12.0. The maximum atomic E-state index is 15.2. The van der Waals surface area contributed by atoms with Crippen molar-refractivity contribution in [2.75, 3.05) is 20.5 Å². The molecule has 0 bridgehead atoms. The van der Waals surface area contributed by atoms with Crippen LogP contribution in [0.1, 0.15) is 75.3 Å². The molecule has 0 heterocycles. The predicted octanol–water partition coefficient (Wildman–Crippen LogP) is 6.82. The molecule has 4 rings (SSSR count). The van der Waals surface area contributed by atoms with Gasteiger partial charge in [0.2, 0.25) is 0 Å². The summed E-state index contributed by atoms with van der Waals surface area (Å²) in [4.78, 5) is 0. The average molecular weight is 431 g/mol. The van der Waals surface area contributed by atoms with Gasteiger partial charge in [0.05, 0.1) is 17.7 Å². The van der Waals surface area contributed by atoms with E-state index in [1.54, 1.807) is 7.11 Å². The molecule has 3 aliphatic carbocycles. The van der Waals surface area contributed by atoms with Crippen molar-refractivity contribution in [2.24, 2.45) is 0 Å². The van der Waals surface area contributed by atoms with Crippen LogP contribution in [0.25, 0.3) is 0 Å².